The van der Waals surface area contributed by atoms with Crippen molar-refractivity contribution in [3.05, 3.63) is 23.9 Å². The average Bonchev–Trinajstić information content (AvgIpc) is 2.49. The molecule has 0 unspecified atom stereocenters. The number of rotatable bonds is 2. The van der Waals surface area contributed by atoms with Crippen molar-refractivity contribution in [2.45, 2.75) is 6.42 Å². The van der Waals surface area contributed by atoms with Crippen molar-refractivity contribution in [2.24, 2.45) is 0 Å². The summed E-state index contributed by atoms with van der Waals surface area (Å²) in [6.45, 7) is 3.33. The Labute approximate surface area is 118 Å². The Morgan fingerprint density at radius 2 is 2.16 bits per heavy atom. The highest BCUT2D eigenvalue weighted by molar-refractivity contribution is 7.99. The fraction of sp³-hybridized carbons (Fsp3) is 0.500. The van der Waals surface area contributed by atoms with Crippen LogP contribution in [0.5, 0.6) is 0 Å². The first-order valence-corrected chi connectivity index (χ1v) is 7.85. The molecule has 0 bridgehead atoms. The second kappa shape index (κ2) is 5.84. The zero-order valence-corrected chi connectivity index (χ0v) is 11.8. The molecule has 1 fully saturated rings. The van der Waals surface area contributed by atoms with Gasteiger partial charge in [-0.25, -0.2) is 4.98 Å². The van der Waals surface area contributed by atoms with Crippen molar-refractivity contribution in [1.82, 2.24) is 4.98 Å². The van der Waals surface area contributed by atoms with E-state index in [-0.39, 0.29) is 0 Å². The summed E-state index contributed by atoms with van der Waals surface area (Å²) >= 11 is 1.97. The number of hydrogen-bond acceptors (Lipinski definition) is 5. The first-order chi connectivity index (χ1) is 9.34. The Balaban J connectivity index is 1.82. The van der Waals surface area contributed by atoms with E-state index in [1.807, 2.05) is 24.0 Å². The molecule has 0 saturated carbocycles. The summed E-state index contributed by atoms with van der Waals surface area (Å²) in [6, 6.07) is 2.00. The van der Waals surface area contributed by atoms with Gasteiger partial charge in [0.15, 0.2) is 0 Å². The summed E-state index contributed by atoms with van der Waals surface area (Å²) in [5, 5.41) is 0. The predicted molar refractivity (Wildman–Crippen MR) is 81.6 cm³/mol. The number of aromatic nitrogens is 1. The van der Waals surface area contributed by atoms with E-state index in [0.29, 0.717) is 0 Å². The average molecular weight is 277 g/mol. The number of nitrogens with zero attached hydrogens (tertiary/aromatic N) is 2. The number of morpholine rings is 1. The highest BCUT2D eigenvalue weighted by atomic mass is 32.2. The number of nitrogen functional groups attached to an aromatic ring is 1. The van der Waals surface area contributed by atoms with E-state index in [0.717, 1.165) is 55.5 Å². The van der Waals surface area contributed by atoms with Gasteiger partial charge >= 0.3 is 0 Å². The first-order valence-electron chi connectivity index (χ1n) is 6.70. The lowest BCUT2D eigenvalue weighted by Gasteiger charge is -2.28. The molecule has 19 heavy (non-hydrogen) atoms. The van der Waals surface area contributed by atoms with Gasteiger partial charge in [-0.2, -0.15) is 11.8 Å². The van der Waals surface area contributed by atoms with Crippen LogP contribution in [-0.2, 0) is 4.74 Å². The fourth-order valence-electron chi connectivity index (χ4n) is 2.46. The number of pyridine rings is 1. The maximum absolute atomic E-state index is 6.21. The molecule has 2 aliphatic heterocycles. The molecule has 1 aromatic heterocycles. The van der Waals surface area contributed by atoms with Gasteiger partial charge in [0.1, 0.15) is 5.82 Å². The van der Waals surface area contributed by atoms with E-state index in [2.05, 4.69) is 16.0 Å². The normalized spacial score (nSPS) is 20.2. The predicted octanol–water partition coefficient (Wildman–Crippen LogP) is 2.02. The van der Waals surface area contributed by atoms with Crippen LogP contribution in [0.1, 0.15) is 12.0 Å². The van der Waals surface area contributed by atoms with Crippen LogP contribution < -0.4 is 10.6 Å². The molecule has 0 aromatic carbocycles. The summed E-state index contributed by atoms with van der Waals surface area (Å²) in [4.78, 5) is 6.81. The molecule has 102 valence electrons. The second-order valence-electron chi connectivity index (χ2n) is 4.78. The molecule has 0 amide bonds. The molecule has 0 radical (unpaired) electrons. The van der Waals surface area contributed by atoms with Crippen LogP contribution in [0.2, 0.25) is 0 Å². The first kappa shape index (κ1) is 12.8. The molecule has 0 aliphatic carbocycles. The van der Waals surface area contributed by atoms with Crippen LogP contribution >= 0.6 is 11.8 Å². The van der Waals surface area contributed by atoms with Gasteiger partial charge < -0.3 is 15.4 Å². The monoisotopic (exact) mass is 277 g/mol. The summed E-state index contributed by atoms with van der Waals surface area (Å²) in [7, 11) is 0. The Kier molecular flexibility index (Phi) is 3.94. The van der Waals surface area contributed by atoms with Gasteiger partial charge in [-0.05, 0) is 17.7 Å². The molecule has 3 heterocycles. The van der Waals surface area contributed by atoms with Gasteiger partial charge in [-0.3, -0.25) is 0 Å². The van der Waals surface area contributed by atoms with Crippen LogP contribution in [0.3, 0.4) is 0 Å². The molecule has 2 N–H and O–H groups in total. The van der Waals surface area contributed by atoms with Gasteiger partial charge in [-0.15, -0.1) is 0 Å². The molecular weight excluding hydrogens is 258 g/mol. The Morgan fingerprint density at radius 1 is 1.32 bits per heavy atom. The lowest BCUT2D eigenvalue weighted by atomic mass is 10.0. The number of nitrogens with two attached hydrogens (primary N) is 1. The number of thioether (sulfide) groups is 1. The van der Waals surface area contributed by atoms with Crippen molar-refractivity contribution >= 4 is 28.8 Å². The molecule has 2 aliphatic rings. The second-order valence-corrected chi connectivity index (χ2v) is 5.93. The third-order valence-corrected chi connectivity index (χ3v) is 4.46. The maximum atomic E-state index is 6.21. The minimum Gasteiger partial charge on any atom is -0.398 e. The van der Waals surface area contributed by atoms with Crippen LogP contribution in [0, 0.1) is 0 Å². The number of anilines is 2. The standard InChI is InChI=1S/C14H19N3OS/c15-13-9-14(17-3-5-18-6-4-17)16-10-12(13)11-1-7-19-8-2-11/h1,9-10H,2-8H2,(H2,15,16). The maximum Gasteiger partial charge on any atom is 0.130 e. The molecule has 0 atom stereocenters. The molecule has 1 saturated heterocycles. The number of hydrogen-bond donors (Lipinski definition) is 1. The topological polar surface area (TPSA) is 51.4 Å². The highest BCUT2D eigenvalue weighted by Gasteiger charge is 2.15. The van der Waals surface area contributed by atoms with Crippen LogP contribution in [-0.4, -0.2) is 42.8 Å². The van der Waals surface area contributed by atoms with E-state index >= 15 is 0 Å². The van der Waals surface area contributed by atoms with Crippen LogP contribution in [0.15, 0.2) is 18.3 Å². The summed E-state index contributed by atoms with van der Waals surface area (Å²) in [5.41, 5.74) is 9.51. The van der Waals surface area contributed by atoms with Gasteiger partial charge in [0, 0.05) is 42.4 Å². The third-order valence-electron chi connectivity index (χ3n) is 3.57. The minimum absolute atomic E-state index is 0.770. The number of ether oxygens (including phenoxy) is 1. The SMILES string of the molecule is Nc1cc(N2CCOCC2)ncc1C1=CCSCC1. The molecule has 1 aromatic rings. The van der Waals surface area contributed by atoms with Crippen LogP contribution in [0.25, 0.3) is 5.57 Å². The van der Waals surface area contributed by atoms with Crippen molar-refractivity contribution < 1.29 is 4.74 Å². The quantitative estimate of drug-likeness (QED) is 0.896. The molecule has 5 heteroatoms. The van der Waals surface area contributed by atoms with E-state index in [1.165, 1.54) is 11.3 Å². The summed E-state index contributed by atoms with van der Waals surface area (Å²) in [6.07, 6.45) is 5.30. The fourth-order valence-corrected chi connectivity index (χ4v) is 3.31. The minimum atomic E-state index is 0.770. The Morgan fingerprint density at radius 3 is 2.84 bits per heavy atom. The van der Waals surface area contributed by atoms with Gasteiger partial charge in [-0.1, -0.05) is 6.08 Å². The van der Waals surface area contributed by atoms with Crippen molar-refractivity contribution in [2.75, 3.05) is 48.4 Å². The summed E-state index contributed by atoms with van der Waals surface area (Å²) in [5.74, 6) is 3.23. The third kappa shape index (κ3) is 2.87. The van der Waals surface area contributed by atoms with E-state index in [1.54, 1.807) is 0 Å². The number of allylic oxidation sites excluding steroid dienone is 1. The zero-order valence-electron chi connectivity index (χ0n) is 11.0. The highest BCUT2D eigenvalue weighted by Crippen LogP contribution is 2.30. The van der Waals surface area contributed by atoms with E-state index in [9.17, 15) is 0 Å². The van der Waals surface area contributed by atoms with Crippen molar-refractivity contribution in [1.29, 1.82) is 0 Å². The molecule has 3 rings (SSSR count). The van der Waals surface area contributed by atoms with Gasteiger partial charge in [0.05, 0.1) is 13.2 Å². The largest absolute Gasteiger partial charge is 0.398 e. The van der Waals surface area contributed by atoms with Gasteiger partial charge in [0.2, 0.25) is 0 Å². The lowest BCUT2D eigenvalue weighted by Crippen LogP contribution is -2.36. The molecule has 0 spiro atoms. The molecular formula is C14H19N3OS. The molecule has 4 nitrogen and oxygen atoms in total. The smallest absolute Gasteiger partial charge is 0.130 e. The van der Waals surface area contributed by atoms with Gasteiger partial charge in [0.25, 0.3) is 0 Å². The summed E-state index contributed by atoms with van der Waals surface area (Å²) < 4.78 is 5.36. The Hall–Kier alpha value is -1.20. The van der Waals surface area contributed by atoms with E-state index in [4.69, 9.17) is 10.5 Å². The Bertz CT molecular complexity index is 484. The van der Waals surface area contributed by atoms with E-state index < -0.39 is 0 Å². The van der Waals surface area contributed by atoms with Crippen molar-refractivity contribution in [3.8, 4) is 0 Å². The lowest BCUT2D eigenvalue weighted by molar-refractivity contribution is 0.122. The van der Waals surface area contributed by atoms with Crippen LogP contribution in [0.4, 0.5) is 11.5 Å². The van der Waals surface area contributed by atoms with Crippen molar-refractivity contribution in [3.63, 3.8) is 0 Å². The zero-order chi connectivity index (χ0) is 13.1.